The minimum atomic E-state index is -3.17. The lowest BCUT2D eigenvalue weighted by Crippen LogP contribution is -1.96. The van der Waals surface area contributed by atoms with Crippen LogP contribution in [0.25, 0.3) is 0 Å². The van der Waals surface area contributed by atoms with Gasteiger partial charge in [-0.15, -0.1) is 9.35 Å². The summed E-state index contributed by atoms with van der Waals surface area (Å²) < 4.78 is 19.8. The molecule has 6 heteroatoms. The molecule has 0 heterocycles. The summed E-state index contributed by atoms with van der Waals surface area (Å²) in [6, 6.07) is 0. The number of hydrogen-bond acceptors (Lipinski definition) is 5. The van der Waals surface area contributed by atoms with Crippen LogP contribution in [0.4, 0.5) is 0 Å². The summed E-state index contributed by atoms with van der Waals surface area (Å²) >= 11 is 0. The van der Waals surface area contributed by atoms with E-state index >= 15 is 0 Å². The SMILES string of the molecule is CCOOP(C)(=O)OOCC. The third kappa shape index (κ3) is 6.47. The van der Waals surface area contributed by atoms with E-state index in [1.165, 1.54) is 6.66 Å². The lowest BCUT2D eigenvalue weighted by atomic mass is 10.9. The Morgan fingerprint density at radius 3 is 1.73 bits per heavy atom. The second-order valence-electron chi connectivity index (χ2n) is 1.73. The van der Waals surface area contributed by atoms with Crippen LogP contribution in [0.1, 0.15) is 13.8 Å². The predicted octanol–water partition coefficient (Wildman–Crippen LogP) is 1.75. The van der Waals surface area contributed by atoms with E-state index in [2.05, 4.69) is 19.1 Å². The first kappa shape index (κ1) is 11.1. The fourth-order valence-corrected chi connectivity index (χ4v) is 0.928. The maximum atomic E-state index is 11.0. The normalized spacial score (nSPS) is 11.9. The molecule has 0 aromatic heterocycles. The van der Waals surface area contributed by atoms with Crippen molar-refractivity contribution in [3.63, 3.8) is 0 Å². The Labute approximate surface area is 66.0 Å². The Morgan fingerprint density at radius 1 is 1.09 bits per heavy atom. The van der Waals surface area contributed by atoms with Crippen molar-refractivity contribution in [3.05, 3.63) is 0 Å². The molecule has 0 rings (SSSR count). The van der Waals surface area contributed by atoms with E-state index in [4.69, 9.17) is 0 Å². The van der Waals surface area contributed by atoms with E-state index in [9.17, 15) is 4.57 Å². The fraction of sp³-hybridized carbons (Fsp3) is 1.00. The molecule has 0 aromatic rings. The molecule has 0 N–H and O–H groups in total. The van der Waals surface area contributed by atoms with Crippen molar-refractivity contribution in [1.29, 1.82) is 0 Å². The minimum absolute atomic E-state index is 0.313. The average Bonchev–Trinajstić information content (AvgIpc) is 1.97. The molecule has 0 aliphatic carbocycles. The highest BCUT2D eigenvalue weighted by molar-refractivity contribution is 7.52. The molecule has 11 heavy (non-hydrogen) atoms. The fourth-order valence-electron chi connectivity index (χ4n) is 0.309. The van der Waals surface area contributed by atoms with Crippen LogP contribution >= 0.6 is 7.60 Å². The van der Waals surface area contributed by atoms with Crippen molar-refractivity contribution in [3.8, 4) is 0 Å². The summed E-state index contributed by atoms with van der Waals surface area (Å²) in [7, 11) is -3.17. The van der Waals surface area contributed by atoms with Gasteiger partial charge in [0.2, 0.25) is 0 Å². The molecule has 0 amide bonds. The maximum absolute atomic E-state index is 11.0. The zero-order valence-corrected chi connectivity index (χ0v) is 7.80. The quantitative estimate of drug-likeness (QED) is 0.357. The summed E-state index contributed by atoms with van der Waals surface area (Å²) in [4.78, 5) is 8.85. The van der Waals surface area contributed by atoms with Gasteiger partial charge in [0, 0.05) is 6.66 Å². The molecule has 0 aliphatic rings. The molecule has 0 fully saturated rings. The second-order valence-corrected chi connectivity index (χ2v) is 3.57. The molecule has 0 saturated heterocycles. The van der Waals surface area contributed by atoms with Crippen molar-refractivity contribution in [2.75, 3.05) is 19.9 Å². The van der Waals surface area contributed by atoms with Crippen molar-refractivity contribution < 1.29 is 23.7 Å². The highest BCUT2D eigenvalue weighted by atomic mass is 31.2. The largest absolute Gasteiger partial charge is 0.381 e. The molecular weight excluding hydrogens is 171 g/mol. The lowest BCUT2D eigenvalue weighted by Gasteiger charge is -2.09. The molecule has 5 nitrogen and oxygen atoms in total. The Bertz CT molecular complexity index is 125. The summed E-state index contributed by atoms with van der Waals surface area (Å²) in [5, 5.41) is 0. The molecule has 68 valence electrons. The lowest BCUT2D eigenvalue weighted by molar-refractivity contribution is -0.261. The molecule has 0 atom stereocenters. The van der Waals surface area contributed by atoms with Gasteiger partial charge in [-0.1, -0.05) is 0 Å². The first-order valence-corrected chi connectivity index (χ1v) is 5.31. The third-order valence-corrected chi connectivity index (χ3v) is 1.36. The molecule has 0 bridgehead atoms. The highest BCUT2D eigenvalue weighted by Gasteiger charge is 2.19. The molecule has 0 spiro atoms. The van der Waals surface area contributed by atoms with Crippen LogP contribution < -0.4 is 0 Å². The van der Waals surface area contributed by atoms with E-state index < -0.39 is 7.60 Å². The molecular formula is C5H13O5P. The van der Waals surface area contributed by atoms with Gasteiger partial charge in [-0.05, 0) is 13.8 Å². The standard InChI is InChI=1S/C5H13O5P/c1-4-7-9-11(3,6)10-8-5-2/h4-5H2,1-3H3. The number of rotatable bonds is 6. The van der Waals surface area contributed by atoms with Gasteiger partial charge in [-0.2, -0.15) is 0 Å². The van der Waals surface area contributed by atoms with Crippen LogP contribution in [0.15, 0.2) is 0 Å². The van der Waals surface area contributed by atoms with Crippen LogP contribution in [0.2, 0.25) is 0 Å². The molecule has 0 saturated carbocycles. The van der Waals surface area contributed by atoms with Gasteiger partial charge in [-0.3, -0.25) is 4.57 Å². The van der Waals surface area contributed by atoms with Gasteiger partial charge >= 0.3 is 7.60 Å². The van der Waals surface area contributed by atoms with Crippen LogP contribution in [-0.4, -0.2) is 19.9 Å². The van der Waals surface area contributed by atoms with Crippen LogP contribution in [-0.2, 0) is 23.7 Å². The maximum Gasteiger partial charge on any atom is 0.381 e. The predicted molar refractivity (Wildman–Crippen MR) is 39.0 cm³/mol. The summed E-state index contributed by atoms with van der Waals surface area (Å²) in [5.41, 5.74) is 0. The first-order chi connectivity index (χ1) is 5.12. The van der Waals surface area contributed by atoms with Gasteiger partial charge in [0.05, 0.1) is 13.2 Å². The second kappa shape index (κ2) is 5.69. The van der Waals surface area contributed by atoms with E-state index in [1.807, 2.05) is 0 Å². The van der Waals surface area contributed by atoms with Crippen molar-refractivity contribution in [2.45, 2.75) is 13.8 Å². The van der Waals surface area contributed by atoms with Crippen LogP contribution in [0, 0.1) is 0 Å². The average molecular weight is 184 g/mol. The van der Waals surface area contributed by atoms with Gasteiger partial charge in [0.1, 0.15) is 0 Å². The Hall–Kier alpha value is 0.0700. The Morgan fingerprint density at radius 2 is 1.45 bits per heavy atom. The summed E-state index contributed by atoms with van der Waals surface area (Å²) in [6.45, 7) is 5.31. The monoisotopic (exact) mass is 184 g/mol. The van der Waals surface area contributed by atoms with E-state index in [-0.39, 0.29) is 0 Å². The van der Waals surface area contributed by atoms with E-state index in [0.717, 1.165) is 0 Å². The zero-order valence-electron chi connectivity index (χ0n) is 6.90. The first-order valence-electron chi connectivity index (χ1n) is 3.32. The highest BCUT2D eigenvalue weighted by Crippen LogP contribution is 2.43. The third-order valence-electron chi connectivity index (χ3n) is 0.612. The summed E-state index contributed by atoms with van der Waals surface area (Å²) in [5.74, 6) is 0. The molecule has 0 aliphatic heterocycles. The van der Waals surface area contributed by atoms with Crippen LogP contribution in [0.5, 0.6) is 0 Å². The minimum Gasteiger partial charge on any atom is -0.255 e. The Kier molecular flexibility index (Phi) is 5.72. The van der Waals surface area contributed by atoms with Crippen molar-refractivity contribution in [1.82, 2.24) is 0 Å². The van der Waals surface area contributed by atoms with Crippen molar-refractivity contribution >= 4 is 7.60 Å². The number of hydrogen-bond donors (Lipinski definition) is 0. The van der Waals surface area contributed by atoms with Gasteiger partial charge in [0.25, 0.3) is 0 Å². The zero-order chi connectivity index (χ0) is 8.74. The smallest absolute Gasteiger partial charge is 0.255 e. The van der Waals surface area contributed by atoms with Gasteiger partial charge in [-0.25, -0.2) is 9.78 Å². The van der Waals surface area contributed by atoms with Crippen LogP contribution in [0.3, 0.4) is 0 Å². The molecule has 0 radical (unpaired) electrons. The van der Waals surface area contributed by atoms with Gasteiger partial charge in [0.15, 0.2) is 0 Å². The van der Waals surface area contributed by atoms with Gasteiger partial charge < -0.3 is 0 Å². The van der Waals surface area contributed by atoms with Crippen molar-refractivity contribution in [2.24, 2.45) is 0 Å². The topological polar surface area (TPSA) is 54.0 Å². The molecule has 0 unspecified atom stereocenters. The Balaban J connectivity index is 3.53. The summed E-state index contributed by atoms with van der Waals surface area (Å²) in [6.07, 6.45) is 0. The molecule has 0 aromatic carbocycles. The van der Waals surface area contributed by atoms with E-state index in [0.29, 0.717) is 13.2 Å². The van der Waals surface area contributed by atoms with E-state index in [1.54, 1.807) is 13.8 Å².